The molecule has 2 aromatic rings. The minimum Gasteiger partial charge on any atom is -0.288 e. The molecule has 98 valence electrons. The molecule has 0 aliphatic carbocycles. The number of amides is 2. The van der Waals surface area contributed by atoms with E-state index in [0.29, 0.717) is 27.3 Å². The van der Waals surface area contributed by atoms with Crippen molar-refractivity contribution in [1.82, 2.24) is 5.32 Å². The fraction of sp³-hybridized carbons (Fsp3) is 0. The van der Waals surface area contributed by atoms with Crippen molar-refractivity contribution < 1.29 is 9.59 Å². The highest BCUT2D eigenvalue weighted by molar-refractivity contribution is 6.50. The summed E-state index contributed by atoms with van der Waals surface area (Å²) in [5.74, 6) is -0.807. The highest BCUT2D eigenvalue weighted by Gasteiger charge is 2.32. The molecule has 1 heterocycles. The summed E-state index contributed by atoms with van der Waals surface area (Å²) in [6.45, 7) is 0. The van der Waals surface area contributed by atoms with Crippen LogP contribution in [0.25, 0.3) is 11.1 Å². The van der Waals surface area contributed by atoms with Crippen LogP contribution in [0.2, 0.25) is 5.02 Å². The number of carbonyl (C=O) groups is 2. The molecule has 0 radical (unpaired) electrons. The Kier molecular flexibility index (Phi) is 3.12. The third-order valence-electron chi connectivity index (χ3n) is 3.14. The first-order valence-electron chi connectivity index (χ1n) is 6.09. The van der Waals surface area contributed by atoms with Gasteiger partial charge in [-0.3, -0.25) is 14.9 Å². The highest BCUT2D eigenvalue weighted by Crippen LogP contribution is 2.34. The van der Waals surface area contributed by atoms with Gasteiger partial charge in [-0.1, -0.05) is 60.1 Å². The molecule has 1 N–H and O–H groups in total. The van der Waals surface area contributed by atoms with Crippen molar-refractivity contribution in [2.24, 2.45) is 0 Å². The lowest BCUT2D eigenvalue weighted by Gasteiger charge is -2.06. The molecular formula is C16H10ClNO2. The largest absolute Gasteiger partial charge is 0.288 e. The van der Waals surface area contributed by atoms with Crippen LogP contribution in [0.5, 0.6) is 0 Å². The maximum Gasteiger partial charge on any atom is 0.259 e. The van der Waals surface area contributed by atoms with Gasteiger partial charge in [-0.15, -0.1) is 0 Å². The molecule has 20 heavy (non-hydrogen) atoms. The molecule has 1 aliphatic heterocycles. The van der Waals surface area contributed by atoms with E-state index in [1.807, 2.05) is 18.2 Å². The Morgan fingerprint density at radius 3 is 2.05 bits per heavy atom. The van der Waals surface area contributed by atoms with Gasteiger partial charge in [0.25, 0.3) is 11.8 Å². The summed E-state index contributed by atoms with van der Waals surface area (Å²) in [6.07, 6.45) is 0. The van der Waals surface area contributed by atoms with Gasteiger partial charge in [-0.05, 0) is 11.6 Å². The van der Waals surface area contributed by atoms with Crippen LogP contribution in [-0.2, 0) is 9.59 Å². The van der Waals surface area contributed by atoms with E-state index < -0.39 is 11.8 Å². The Balaban J connectivity index is 2.28. The molecule has 0 bridgehead atoms. The molecule has 0 aromatic heterocycles. The first-order chi connectivity index (χ1) is 9.68. The van der Waals surface area contributed by atoms with Crippen LogP contribution in [0.15, 0.2) is 54.6 Å². The van der Waals surface area contributed by atoms with Crippen molar-refractivity contribution in [3.05, 3.63) is 70.7 Å². The minimum absolute atomic E-state index is 0.326. The summed E-state index contributed by atoms with van der Waals surface area (Å²) in [5.41, 5.74) is 1.96. The van der Waals surface area contributed by atoms with E-state index in [2.05, 4.69) is 5.32 Å². The van der Waals surface area contributed by atoms with E-state index >= 15 is 0 Å². The molecule has 3 rings (SSSR count). The third kappa shape index (κ3) is 2.02. The summed E-state index contributed by atoms with van der Waals surface area (Å²) in [4.78, 5) is 24.1. The van der Waals surface area contributed by atoms with Gasteiger partial charge in [0.15, 0.2) is 0 Å². The summed E-state index contributed by atoms with van der Waals surface area (Å²) < 4.78 is 0. The van der Waals surface area contributed by atoms with Crippen LogP contribution in [0, 0.1) is 0 Å². The van der Waals surface area contributed by atoms with Gasteiger partial charge in [0.05, 0.1) is 11.1 Å². The van der Waals surface area contributed by atoms with Gasteiger partial charge in [0.2, 0.25) is 0 Å². The number of benzene rings is 2. The van der Waals surface area contributed by atoms with Crippen LogP contribution in [0.3, 0.4) is 0 Å². The number of hydrogen-bond donors (Lipinski definition) is 1. The fourth-order valence-electron chi connectivity index (χ4n) is 2.26. The van der Waals surface area contributed by atoms with Crippen LogP contribution in [-0.4, -0.2) is 11.8 Å². The highest BCUT2D eigenvalue weighted by atomic mass is 35.5. The molecular weight excluding hydrogens is 274 g/mol. The normalized spacial score (nSPS) is 14.7. The van der Waals surface area contributed by atoms with Crippen molar-refractivity contribution in [3.8, 4) is 0 Å². The first-order valence-corrected chi connectivity index (χ1v) is 6.46. The predicted molar refractivity (Wildman–Crippen MR) is 77.9 cm³/mol. The fourth-order valence-corrected chi connectivity index (χ4v) is 2.49. The van der Waals surface area contributed by atoms with Crippen LogP contribution >= 0.6 is 11.6 Å². The maximum absolute atomic E-state index is 12.1. The molecule has 2 aromatic carbocycles. The second kappa shape index (κ2) is 4.94. The molecule has 0 fully saturated rings. The zero-order valence-electron chi connectivity index (χ0n) is 10.4. The quantitative estimate of drug-likeness (QED) is 0.862. The Bertz CT molecular complexity index is 735. The molecule has 0 saturated carbocycles. The second-order valence-corrected chi connectivity index (χ2v) is 4.79. The van der Waals surface area contributed by atoms with Crippen molar-refractivity contribution in [2.75, 3.05) is 0 Å². The lowest BCUT2D eigenvalue weighted by atomic mass is 9.96. The predicted octanol–water partition coefficient (Wildman–Crippen LogP) is 2.91. The number of hydrogen-bond acceptors (Lipinski definition) is 2. The van der Waals surface area contributed by atoms with Gasteiger partial charge >= 0.3 is 0 Å². The van der Waals surface area contributed by atoms with E-state index in [0.717, 1.165) is 0 Å². The molecule has 0 unspecified atom stereocenters. The molecule has 0 atom stereocenters. The summed E-state index contributed by atoms with van der Waals surface area (Å²) in [6, 6.07) is 16.1. The van der Waals surface area contributed by atoms with Crippen LogP contribution in [0.4, 0.5) is 0 Å². The third-order valence-corrected chi connectivity index (χ3v) is 3.47. The summed E-state index contributed by atoms with van der Waals surface area (Å²) in [5, 5.41) is 2.78. The lowest BCUT2D eigenvalue weighted by molar-refractivity contribution is -0.122. The molecule has 2 amide bonds. The number of halogens is 1. The Hall–Kier alpha value is -2.39. The van der Waals surface area contributed by atoms with Crippen molar-refractivity contribution in [1.29, 1.82) is 0 Å². The van der Waals surface area contributed by atoms with E-state index in [4.69, 9.17) is 11.6 Å². The average Bonchev–Trinajstić information content (AvgIpc) is 2.75. The zero-order valence-corrected chi connectivity index (χ0v) is 11.1. The van der Waals surface area contributed by atoms with E-state index in [1.165, 1.54) is 0 Å². The Morgan fingerprint density at radius 1 is 0.750 bits per heavy atom. The molecule has 1 aliphatic rings. The maximum atomic E-state index is 12.1. The van der Waals surface area contributed by atoms with E-state index in [-0.39, 0.29) is 0 Å². The first kappa shape index (κ1) is 12.6. The number of imide groups is 1. The minimum atomic E-state index is -0.415. The van der Waals surface area contributed by atoms with Gasteiger partial charge in [-0.2, -0.15) is 0 Å². The van der Waals surface area contributed by atoms with Crippen molar-refractivity contribution in [2.45, 2.75) is 0 Å². The number of nitrogens with one attached hydrogen (secondary N) is 1. The summed E-state index contributed by atoms with van der Waals surface area (Å²) in [7, 11) is 0. The van der Waals surface area contributed by atoms with Crippen molar-refractivity contribution >= 4 is 34.6 Å². The zero-order chi connectivity index (χ0) is 14.1. The Morgan fingerprint density at radius 2 is 1.35 bits per heavy atom. The van der Waals surface area contributed by atoms with Gasteiger partial charge in [0.1, 0.15) is 0 Å². The lowest BCUT2D eigenvalue weighted by Crippen LogP contribution is -2.22. The number of carbonyl (C=O) groups excluding carboxylic acids is 2. The Labute approximate surface area is 120 Å². The van der Waals surface area contributed by atoms with Crippen LogP contribution < -0.4 is 5.32 Å². The van der Waals surface area contributed by atoms with E-state index in [9.17, 15) is 9.59 Å². The van der Waals surface area contributed by atoms with Gasteiger partial charge in [0, 0.05) is 10.6 Å². The standard InChI is InChI=1S/C16H10ClNO2/c17-12-9-5-4-8-11(12)14-13(15(19)18-16(14)20)10-6-2-1-3-7-10/h1-9H,(H,18,19,20). The molecule has 0 spiro atoms. The van der Waals surface area contributed by atoms with E-state index in [1.54, 1.807) is 36.4 Å². The van der Waals surface area contributed by atoms with Gasteiger partial charge in [-0.25, -0.2) is 0 Å². The number of rotatable bonds is 2. The van der Waals surface area contributed by atoms with Crippen molar-refractivity contribution in [3.63, 3.8) is 0 Å². The second-order valence-electron chi connectivity index (χ2n) is 4.38. The summed E-state index contributed by atoms with van der Waals surface area (Å²) >= 11 is 6.14. The van der Waals surface area contributed by atoms with Gasteiger partial charge < -0.3 is 0 Å². The molecule has 3 nitrogen and oxygen atoms in total. The van der Waals surface area contributed by atoms with Crippen LogP contribution in [0.1, 0.15) is 11.1 Å². The monoisotopic (exact) mass is 283 g/mol. The SMILES string of the molecule is O=C1NC(=O)C(c2ccccc2Cl)=C1c1ccccc1. The average molecular weight is 284 g/mol. The molecule has 0 saturated heterocycles. The topological polar surface area (TPSA) is 46.2 Å². The molecule has 4 heteroatoms. The smallest absolute Gasteiger partial charge is 0.259 e.